The van der Waals surface area contributed by atoms with Crippen LogP contribution in [0.25, 0.3) is 5.57 Å². The molecule has 0 heterocycles. The number of aliphatic hydroxyl groups is 1. The normalized spacial score (nSPS) is 16.3. The molecule has 0 bridgehead atoms. The summed E-state index contributed by atoms with van der Waals surface area (Å²) in [4.78, 5) is 0. The number of halogens is 2. The van der Waals surface area contributed by atoms with Gasteiger partial charge in [-0.2, -0.15) is 0 Å². The first-order valence-electron chi connectivity index (χ1n) is 6.88. The van der Waals surface area contributed by atoms with Gasteiger partial charge < -0.3 is 34.7 Å². The van der Waals surface area contributed by atoms with Crippen LogP contribution in [0.1, 0.15) is 24.5 Å². The molecule has 3 rings (SSSR count). The van der Waals surface area contributed by atoms with E-state index in [1.807, 2.05) is 12.1 Å². The quantitative estimate of drug-likeness (QED) is 0.535. The fraction of sp³-hybridized carbons (Fsp3) is 0.222. The van der Waals surface area contributed by atoms with Gasteiger partial charge >= 0.3 is 26.2 Å². The Bertz CT molecular complexity index is 661. The molecule has 2 aliphatic rings. The smallest absolute Gasteiger partial charge is 1.00 e. The summed E-state index contributed by atoms with van der Waals surface area (Å²) in [6, 6.07) is 8.33. The fourth-order valence-electron chi connectivity index (χ4n) is 2.66. The Morgan fingerprint density at radius 3 is 2.70 bits per heavy atom. The molecular formula is C18H17Cl2O2Zr. The predicted molar refractivity (Wildman–Crippen MR) is 79.8 cm³/mol. The molecule has 23 heavy (non-hydrogen) atoms. The van der Waals surface area contributed by atoms with Crippen molar-refractivity contribution < 1.29 is 60.9 Å². The molecule has 1 aromatic carbocycles. The molecule has 0 fully saturated rings. The van der Waals surface area contributed by atoms with Gasteiger partial charge in [0, 0.05) is 0 Å². The number of hydrogen-bond acceptors (Lipinski definition) is 2. The number of ether oxygens (including phenoxy) is 1. The van der Waals surface area contributed by atoms with Gasteiger partial charge in [0.05, 0.1) is 6.61 Å². The topological polar surface area (TPSA) is 29.5 Å². The van der Waals surface area contributed by atoms with Crippen LogP contribution in [0, 0.1) is 6.08 Å². The van der Waals surface area contributed by atoms with Crippen molar-refractivity contribution in [3.05, 3.63) is 76.6 Å². The van der Waals surface area contributed by atoms with E-state index in [9.17, 15) is 0 Å². The van der Waals surface area contributed by atoms with Gasteiger partial charge in [0.25, 0.3) is 0 Å². The van der Waals surface area contributed by atoms with Crippen molar-refractivity contribution in [3.8, 4) is 0 Å². The third-order valence-electron chi connectivity index (χ3n) is 3.56. The van der Waals surface area contributed by atoms with Gasteiger partial charge in [-0.1, -0.05) is 30.7 Å². The minimum absolute atomic E-state index is 0. The zero-order valence-electron chi connectivity index (χ0n) is 12.8. The summed E-state index contributed by atoms with van der Waals surface area (Å²) in [6.07, 6.45) is 10.6. The summed E-state index contributed by atoms with van der Waals surface area (Å²) in [7, 11) is 0. The van der Waals surface area contributed by atoms with Crippen molar-refractivity contribution in [2.75, 3.05) is 13.2 Å². The van der Waals surface area contributed by atoms with Crippen LogP contribution in [0.2, 0.25) is 0 Å². The Hall–Kier alpha value is -0.597. The van der Waals surface area contributed by atoms with Crippen LogP contribution in [-0.2, 0) is 30.9 Å². The van der Waals surface area contributed by atoms with Gasteiger partial charge in [0.1, 0.15) is 12.4 Å². The summed E-state index contributed by atoms with van der Waals surface area (Å²) in [5.41, 5.74) is 6.02. The molecule has 0 spiro atoms. The van der Waals surface area contributed by atoms with Gasteiger partial charge in [0.2, 0.25) is 0 Å². The molecular weight excluding hydrogens is 410 g/mol. The Balaban J connectivity index is 0.00000161. The van der Waals surface area contributed by atoms with Gasteiger partial charge in [-0.15, -0.1) is 40.5 Å². The van der Waals surface area contributed by atoms with Crippen LogP contribution >= 0.6 is 0 Å². The summed E-state index contributed by atoms with van der Waals surface area (Å²) >= 11 is 0. The van der Waals surface area contributed by atoms with Crippen LogP contribution in [0.3, 0.4) is 0 Å². The molecule has 2 nitrogen and oxygen atoms in total. The zero-order valence-corrected chi connectivity index (χ0v) is 16.7. The molecule has 0 saturated carbocycles. The van der Waals surface area contributed by atoms with E-state index >= 15 is 0 Å². The molecule has 5 heteroatoms. The number of rotatable bonds is 4. The molecule has 1 N–H and O–H groups in total. The predicted octanol–water partition coefficient (Wildman–Crippen LogP) is -2.59. The van der Waals surface area contributed by atoms with Crippen LogP contribution < -0.4 is 24.8 Å². The molecule has 1 aromatic rings. The Morgan fingerprint density at radius 1 is 1.26 bits per heavy atom. The van der Waals surface area contributed by atoms with Crippen molar-refractivity contribution in [3.63, 3.8) is 0 Å². The van der Waals surface area contributed by atoms with Gasteiger partial charge in [-0.3, -0.25) is 0 Å². The van der Waals surface area contributed by atoms with Crippen LogP contribution in [0.15, 0.2) is 59.4 Å². The molecule has 0 atom stereocenters. The summed E-state index contributed by atoms with van der Waals surface area (Å²) in [5.74, 6) is 0.842. The number of benzene rings is 1. The zero-order chi connectivity index (χ0) is 13.9. The maximum atomic E-state index is 8.80. The minimum Gasteiger partial charge on any atom is -1.00 e. The summed E-state index contributed by atoms with van der Waals surface area (Å²) in [6.45, 7) is 2.45. The van der Waals surface area contributed by atoms with Gasteiger partial charge in [-0.25, -0.2) is 0 Å². The maximum Gasteiger partial charge on any atom is 3.00 e. The first kappa shape index (κ1) is 22.4. The monoisotopic (exact) mass is 425 g/mol. The molecule has 0 unspecified atom stereocenters. The van der Waals surface area contributed by atoms with E-state index in [2.05, 4.69) is 43.4 Å². The summed E-state index contributed by atoms with van der Waals surface area (Å²) in [5, 5.41) is 8.80. The Kier molecular flexibility index (Phi) is 10.0. The summed E-state index contributed by atoms with van der Waals surface area (Å²) < 4.78 is 5.46. The van der Waals surface area contributed by atoms with Gasteiger partial charge in [-0.05, 0) is 18.6 Å². The molecule has 0 amide bonds. The molecule has 0 saturated heterocycles. The first-order valence-corrected chi connectivity index (χ1v) is 6.88. The number of aliphatic hydroxyl groups excluding tert-OH is 1. The van der Waals surface area contributed by atoms with Crippen molar-refractivity contribution in [2.45, 2.75) is 13.3 Å². The van der Waals surface area contributed by atoms with Crippen LogP contribution in [-0.4, -0.2) is 18.3 Å². The third-order valence-corrected chi connectivity index (χ3v) is 3.56. The second-order valence-corrected chi connectivity index (χ2v) is 4.80. The SMILES string of the molecule is CC=C1C(C2=CC(OCCO)=CC2)=[C-]c2ccccc21.[Cl-].[Cl-].[Zr+3]. The largest absolute Gasteiger partial charge is 3.00 e. The van der Waals surface area contributed by atoms with E-state index in [0.29, 0.717) is 6.61 Å². The van der Waals surface area contributed by atoms with Crippen molar-refractivity contribution >= 4 is 5.57 Å². The van der Waals surface area contributed by atoms with Gasteiger partial charge in [0.15, 0.2) is 0 Å². The number of hydrogen-bond donors (Lipinski definition) is 1. The van der Waals surface area contributed by atoms with Crippen LogP contribution in [0.4, 0.5) is 0 Å². The van der Waals surface area contributed by atoms with Crippen molar-refractivity contribution in [2.24, 2.45) is 0 Å². The molecule has 0 aromatic heterocycles. The van der Waals surface area contributed by atoms with E-state index in [0.717, 1.165) is 23.3 Å². The molecule has 2 aliphatic carbocycles. The van der Waals surface area contributed by atoms with E-state index in [1.54, 1.807) is 0 Å². The van der Waals surface area contributed by atoms with E-state index < -0.39 is 0 Å². The number of fused-ring (bicyclic) bond motifs is 1. The average Bonchev–Trinajstić information content (AvgIpc) is 3.08. The fourth-order valence-corrected chi connectivity index (χ4v) is 2.66. The third kappa shape index (κ3) is 4.70. The second-order valence-electron chi connectivity index (χ2n) is 4.80. The minimum atomic E-state index is 0. The molecule has 119 valence electrons. The maximum absolute atomic E-state index is 8.80. The molecule has 1 radical (unpaired) electrons. The van der Waals surface area contributed by atoms with E-state index in [4.69, 9.17) is 9.84 Å². The van der Waals surface area contributed by atoms with Crippen molar-refractivity contribution in [1.29, 1.82) is 0 Å². The second kappa shape index (κ2) is 10.3. The number of allylic oxidation sites excluding steroid dienone is 6. The molecule has 0 aliphatic heterocycles. The average molecular weight is 427 g/mol. The standard InChI is InChI=1S/C18H17O2.2ClH.Zr/c1-2-16-17-6-4-3-5-13(17)12-18(16)14-7-8-15(11-14)20-10-9-19;;;/h2-6,8,11,19H,7,9-10H2,1H3;2*1H;/q-1;;;+3/p-2. The van der Waals surface area contributed by atoms with E-state index in [-0.39, 0.29) is 57.6 Å². The van der Waals surface area contributed by atoms with E-state index in [1.165, 1.54) is 16.7 Å². The Morgan fingerprint density at radius 2 is 2.00 bits per heavy atom. The van der Waals surface area contributed by atoms with Crippen molar-refractivity contribution in [1.82, 2.24) is 0 Å². The van der Waals surface area contributed by atoms with Crippen LogP contribution in [0.5, 0.6) is 0 Å². The first-order chi connectivity index (χ1) is 9.83. The Labute approximate surface area is 169 Å².